The van der Waals surface area contributed by atoms with E-state index >= 15 is 0 Å². The predicted molar refractivity (Wildman–Crippen MR) is 146 cm³/mol. The summed E-state index contributed by atoms with van der Waals surface area (Å²) in [5.41, 5.74) is 6.33. The molecule has 0 aliphatic carbocycles. The molecule has 33 heavy (non-hydrogen) atoms. The summed E-state index contributed by atoms with van der Waals surface area (Å²) in [4.78, 5) is 22.5. The summed E-state index contributed by atoms with van der Waals surface area (Å²) in [5.74, 6) is 1.02. The van der Waals surface area contributed by atoms with Crippen LogP contribution in [-0.2, 0) is 24.3 Å². The Kier molecular flexibility index (Phi) is 9.17. The summed E-state index contributed by atoms with van der Waals surface area (Å²) in [6, 6.07) is 14.7. The van der Waals surface area contributed by atoms with Crippen molar-refractivity contribution in [2.45, 2.75) is 46.2 Å². The van der Waals surface area contributed by atoms with Crippen LogP contribution in [-0.4, -0.2) is 41.4 Å². The summed E-state index contributed by atoms with van der Waals surface area (Å²) in [7, 11) is 0. The van der Waals surface area contributed by atoms with Crippen LogP contribution in [0.15, 0.2) is 53.7 Å². The number of hydrogen-bond acceptors (Lipinski definition) is 2. The van der Waals surface area contributed by atoms with E-state index in [2.05, 4.69) is 71.0 Å². The number of aryl methyl sites for hydroxylation is 1. The number of guanidine groups is 1. The largest absolute Gasteiger partial charge is 0.361 e. The molecule has 7 heteroatoms. The average Bonchev–Trinajstić information content (AvgIpc) is 3.41. The molecule has 0 bridgehead atoms. The predicted octanol–water partition coefficient (Wildman–Crippen LogP) is 4.51. The number of benzene rings is 2. The average molecular weight is 559 g/mol. The minimum Gasteiger partial charge on any atom is -0.361 e. The SMILES string of the molecule is CCNC(=NCCCC(=O)N1Cc2ccccc2C1)NCCc1c[nH]c2cccc(C)c12.I. The Balaban J connectivity index is 0.00000306. The van der Waals surface area contributed by atoms with E-state index in [0.29, 0.717) is 13.0 Å². The van der Waals surface area contributed by atoms with Gasteiger partial charge in [0.15, 0.2) is 5.96 Å². The van der Waals surface area contributed by atoms with Gasteiger partial charge in [-0.15, -0.1) is 24.0 Å². The number of rotatable bonds is 8. The Morgan fingerprint density at radius 1 is 1.09 bits per heavy atom. The summed E-state index contributed by atoms with van der Waals surface area (Å²) < 4.78 is 0. The van der Waals surface area contributed by atoms with Crippen LogP contribution in [0.3, 0.4) is 0 Å². The number of aliphatic imine (C=N–C) groups is 1. The molecule has 1 amide bonds. The van der Waals surface area contributed by atoms with Crippen LogP contribution in [0.4, 0.5) is 0 Å². The van der Waals surface area contributed by atoms with E-state index in [1.165, 1.54) is 33.2 Å². The van der Waals surface area contributed by atoms with Gasteiger partial charge in [0, 0.05) is 56.2 Å². The molecule has 4 rings (SSSR count). The maximum Gasteiger partial charge on any atom is 0.223 e. The molecule has 1 aromatic heterocycles. The molecule has 1 aliphatic heterocycles. The molecule has 0 spiro atoms. The molecule has 0 saturated carbocycles. The minimum absolute atomic E-state index is 0. The monoisotopic (exact) mass is 559 g/mol. The summed E-state index contributed by atoms with van der Waals surface area (Å²) >= 11 is 0. The van der Waals surface area contributed by atoms with E-state index in [-0.39, 0.29) is 29.9 Å². The van der Waals surface area contributed by atoms with Crippen molar-refractivity contribution in [2.75, 3.05) is 19.6 Å². The van der Waals surface area contributed by atoms with Gasteiger partial charge in [0.1, 0.15) is 0 Å². The number of H-pyrrole nitrogens is 1. The van der Waals surface area contributed by atoms with Gasteiger partial charge < -0.3 is 20.5 Å². The second-order valence-electron chi connectivity index (χ2n) is 8.37. The molecular formula is C26H34IN5O. The summed E-state index contributed by atoms with van der Waals surface area (Å²) in [6.45, 7) is 7.93. The number of aromatic amines is 1. The number of halogens is 1. The van der Waals surface area contributed by atoms with E-state index in [4.69, 9.17) is 0 Å². The van der Waals surface area contributed by atoms with E-state index in [1.54, 1.807) is 0 Å². The van der Waals surface area contributed by atoms with Gasteiger partial charge >= 0.3 is 0 Å². The number of carbonyl (C=O) groups excluding carboxylic acids is 1. The zero-order valence-electron chi connectivity index (χ0n) is 19.5. The van der Waals surface area contributed by atoms with E-state index in [9.17, 15) is 4.79 Å². The van der Waals surface area contributed by atoms with Crippen LogP contribution in [0.2, 0.25) is 0 Å². The Bertz CT molecular complexity index is 1080. The third-order valence-corrected chi connectivity index (χ3v) is 6.04. The van der Waals surface area contributed by atoms with Crippen molar-refractivity contribution in [3.8, 4) is 0 Å². The van der Waals surface area contributed by atoms with Crippen LogP contribution >= 0.6 is 24.0 Å². The van der Waals surface area contributed by atoms with Gasteiger partial charge in [-0.05, 0) is 55.0 Å². The smallest absolute Gasteiger partial charge is 0.223 e. The highest BCUT2D eigenvalue weighted by molar-refractivity contribution is 14.0. The van der Waals surface area contributed by atoms with Crippen molar-refractivity contribution in [1.29, 1.82) is 0 Å². The number of nitrogens with zero attached hydrogens (tertiary/aromatic N) is 2. The van der Waals surface area contributed by atoms with Gasteiger partial charge in [0.05, 0.1) is 0 Å². The number of amides is 1. The van der Waals surface area contributed by atoms with Crippen LogP contribution < -0.4 is 10.6 Å². The number of fused-ring (bicyclic) bond motifs is 2. The Morgan fingerprint density at radius 2 is 1.85 bits per heavy atom. The fourth-order valence-corrected chi connectivity index (χ4v) is 4.39. The molecular weight excluding hydrogens is 525 g/mol. The summed E-state index contributed by atoms with van der Waals surface area (Å²) in [6.07, 6.45) is 4.31. The van der Waals surface area contributed by atoms with E-state index in [1.807, 2.05) is 17.0 Å². The third-order valence-electron chi connectivity index (χ3n) is 6.04. The van der Waals surface area contributed by atoms with Gasteiger partial charge in [-0.1, -0.05) is 36.4 Å². The molecule has 176 valence electrons. The maximum absolute atomic E-state index is 12.6. The number of nitrogens with one attached hydrogen (secondary N) is 3. The lowest BCUT2D eigenvalue weighted by Gasteiger charge is -2.15. The molecule has 3 N–H and O–H groups in total. The van der Waals surface area contributed by atoms with Crippen LogP contribution in [0.25, 0.3) is 10.9 Å². The van der Waals surface area contributed by atoms with Crippen LogP contribution in [0, 0.1) is 6.92 Å². The molecule has 6 nitrogen and oxygen atoms in total. The Hall–Kier alpha value is -2.55. The second-order valence-corrected chi connectivity index (χ2v) is 8.37. The van der Waals surface area contributed by atoms with Crippen molar-refractivity contribution in [2.24, 2.45) is 4.99 Å². The van der Waals surface area contributed by atoms with Gasteiger partial charge in [-0.3, -0.25) is 9.79 Å². The van der Waals surface area contributed by atoms with Crippen molar-refractivity contribution < 1.29 is 4.79 Å². The quantitative estimate of drug-likeness (QED) is 0.165. The molecule has 0 atom stereocenters. The molecule has 1 aliphatic rings. The highest BCUT2D eigenvalue weighted by atomic mass is 127. The van der Waals surface area contributed by atoms with Gasteiger partial charge in [-0.25, -0.2) is 0 Å². The molecule has 2 heterocycles. The van der Waals surface area contributed by atoms with Crippen LogP contribution in [0.5, 0.6) is 0 Å². The topological polar surface area (TPSA) is 72.5 Å². The first-order valence-corrected chi connectivity index (χ1v) is 11.6. The molecule has 0 unspecified atom stereocenters. The number of hydrogen-bond donors (Lipinski definition) is 3. The first-order chi connectivity index (χ1) is 15.7. The third kappa shape index (κ3) is 6.28. The zero-order chi connectivity index (χ0) is 22.3. The Morgan fingerprint density at radius 3 is 2.58 bits per heavy atom. The minimum atomic E-state index is 0. The first kappa shape index (κ1) is 25.1. The molecule has 2 aromatic carbocycles. The molecule has 0 saturated heterocycles. The fraction of sp³-hybridized carbons (Fsp3) is 0.385. The van der Waals surface area contributed by atoms with Gasteiger partial charge in [-0.2, -0.15) is 0 Å². The van der Waals surface area contributed by atoms with E-state index in [0.717, 1.165) is 45.0 Å². The lowest BCUT2D eigenvalue weighted by molar-refractivity contribution is -0.131. The maximum atomic E-state index is 12.6. The molecule has 0 radical (unpaired) electrons. The molecule has 3 aromatic rings. The highest BCUT2D eigenvalue weighted by Crippen LogP contribution is 2.23. The van der Waals surface area contributed by atoms with Crippen LogP contribution in [0.1, 0.15) is 42.0 Å². The second kappa shape index (κ2) is 12.1. The lowest BCUT2D eigenvalue weighted by atomic mass is 10.1. The Labute approximate surface area is 213 Å². The summed E-state index contributed by atoms with van der Waals surface area (Å²) in [5, 5.41) is 8.05. The lowest BCUT2D eigenvalue weighted by Crippen LogP contribution is -2.38. The molecule has 0 fully saturated rings. The van der Waals surface area contributed by atoms with Crippen molar-refractivity contribution in [3.05, 3.63) is 70.9 Å². The van der Waals surface area contributed by atoms with Crippen molar-refractivity contribution in [3.63, 3.8) is 0 Å². The highest BCUT2D eigenvalue weighted by Gasteiger charge is 2.22. The van der Waals surface area contributed by atoms with Crippen molar-refractivity contribution in [1.82, 2.24) is 20.5 Å². The van der Waals surface area contributed by atoms with Gasteiger partial charge in [0.25, 0.3) is 0 Å². The van der Waals surface area contributed by atoms with Crippen molar-refractivity contribution >= 4 is 46.7 Å². The first-order valence-electron chi connectivity index (χ1n) is 11.6. The normalized spacial score (nSPS) is 13.0. The van der Waals surface area contributed by atoms with E-state index < -0.39 is 0 Å². The zero-order valence-corrected chi connectivity index (χ0v) is 21.8. The number of aromatic nitrogens is 1. The standard InChI is InChI=1S/C26H33N5O.HI/c1-3-27-26(29-15-13-20-16-30-23-11-6-8-19(2)25(20)23)28-14-7-12-24(32)31-17-21-9-4-5-10-22(21)18-31;/h4-6,8-11,16,30H,3,7,12-15,17-18H2,1-2H3,(H2,27,28,29);1H. The fourth-order valence-electron chi connectivity index (χ4n) is 4.39. The number of carbonyl (C=O) groups is 1. The van der Waals surface area contributed by atoms with Gasteiger partial charge in [0.2, 0.25) is 5.91 Å².